The number of benzene rings is 1. The summed E-state index contributed by atoms with van der Waals surface area (Å²) in [6.07, 6.45) is 1.72. The summed E-state index contributed by atoms with van der Waals surface area (Å²) in [7, 11) is 0. The molecule has 0 saturated heterocycles. The van der Waals surface area contributed by atoms with Crippen molar-refractivity contribution >= 4 is 16.6 Å². The molecule has 4 nitrogen and oxygen atoms in total. The van der Waals surface area contributed by atoms with Gasteiger partial charge in [-0.1, -0.05) is 12.1 Å². The second-order valence-electron chi connectivity index (χ2n) is 4.81. The van der Waals surface area contributed by atoms with Crippen molar-refractivity contribution in [2.75, 3.05) is 0 Å². The van der Waals surface area contributed by atoms with E-state index in [1.54, 1.807) is 6.33 Å². The predicted molar refractivity (Wildman–Crippen MR) is 72.1 cm³/mol. The summed E-state index contributed by atoms with van der Waals surface area (Å²) in [5.74, 6) is 0. The van der Waals surface area contributed by atoms with Gasteiger partial charge in [0, 0.05) is 6.04 Å². The van der Waals surface area contributed by atoms with Crippen molar-refractivity contribution in [3.05, 3.63) is 46.6 Å². The number of aryl methyl sites for hydroxylation is 1. The first-order chi connectivity index (χ1) is 8.61. The molecule has 0 aliphatic heterocycles. The number of rotatable bonds is 1. The average molecular weight is 241 g/mol. The molecule has 2 aromatic heterocycles. The van der Waals surface area contributed by atoms with Crippen molar-refractivity contribution in [2.24, 2.45) is 0 Å². The zero-order chi connectivity index (χ0) is 12.9. The third-order valence-corrected chi connectivity index (χ3v) is 3.29. The molecule has 0 radical (unpaired) electrons. The molecular formula is C14H15N3O. The number of para-hydroxylation sites is 2. The van der Waals surface area contributed by atoms with Crippen molar-refractivity contribution < 1.29 is 0 Å². The summed E-state index contributed by atoms with van der Waals surface area (Å²) in [6.45, 7) is 5.92. The first-order valence-electron chi connectivity index (χ1n) is 6.08. The van der Waals surface area contributed by atoms with Gasteiger partial charge in [0.2, 0.25) is 0 Å². The molecule has 0 fully saturated rings. The molecule has 18 heavy (non-hydrogen) atoms. The van der Waals surface area contributed by atoms with E-state index in [0.717, 1.165) is 16.7 Å². The fraction of sp³-hybridized carbons (Fsp3) is 0.286. The van der Waals surface area contributed by atoms with Gasteiger partial charge in [-0.3, -0.25) is 9.20 Å². The van der Waals surface area contributed by atoms with E-state index in [0.29, 0.717) is 5.52 Å². The molecule has 1 aromatic carbocycles. The molecule has 0 amide bonds. The van der Waals surface area contributed by atoms with E-state index in [2.05, 4.69) is 4.98 Å². The van der Waals surface area contributed by atoms with Gasteiger partial charge in [-0.2, -0.15) is 0 Å². The van der Waals surface area contributed by atoms with Crippen LogP contribution in [0.4, 0.5) is 0 Å². The van der Waals surface area contributed by atoms with Crippen molar-refractivity contribution in [2.45, 2.75) is 26.8 Å². The highest BCUT2D eigenvalue weighted by molar-refractivity contribution is 5.79. The van der Waals surface area contributed by atoms with Gasteiger partial charge in [-0.25, -0.2) is 4.98 Å². The molecule has 0 aliphatic rings. The van der Waals surface area contributed by atoms with Gasteiger partial charge in [0.25, 0.3) is 5.56 Å². The van der Waals surface area contributed by atoms with Crippen LogP contribution < -0.4 is 5.56 Å². The minimum atomic E-state index is 0.0266. The van der Waals surface area contributed by atoms with Crippen molar-refractivity contribution in [1.82, 2.24) is 14.0 Å². The molecule has 0 unspecified atom stereocenters. The zero-order valence-electron chi connectivity index (χ0n) is 10.7. The van der Waals surface area contributed by atoms with E-state index in [-0.39, 0.29) is 11.6 Å². The molecule has 92 valence electrons. The Morgan fingerprint density at radius 2 is 1.83 bits per heavy atom. The molecular weight excluding hydrogens is 226 g/mol. The van der Waals surface area contributed by atoms with Crippen LogP contribution >= 0.6 is 0 Å². The molecule has 0 spiro atoms. The second-order valence-corrected chi connectivity index (χ2v) is 4.81. The number of nitrogens with zero attached hydrogens (tertiary/aromatic N) is 3. The average Bonchev–Trinajstić information content (AvgIpc) is 2.72. The number of fused-ring (bicyclic) bond motifs is 3. The van der Waals surface area contributed by atoms with Gasteiger partial charge < -0.3 is 4.57 Å². The molecule has 0 N–H and O–H groups in total. The quantitative estimate of drug-likeness (QED) is 0.656. The fourth-order valence-corrected chi connectivity index (χ4v) is 2.49. The van der Waals surface area contributed by atoms with E-state index in [1.807, 2.05) is 54.0 Å². The maximum Gasteiger partial charge on any atom is 0.277 e. The summed E-state index contributed by atoms with van der Waals surface area (Å²) in [5.41, 5.74) is 3.44. The molecule has 0 atom stereocenters. The van der Waals surface area contributed by atoms with Gasteiger partial charge in [0.05, 0.1) is 16.7 Å². The van der Waals surface area contributed by atoms with E-state index < -0.39 is 0 Å². The highest BCUT2D eigenvalue weighted by Crippen LogP contribution is 2.18. The van der Waals surface area contributed by atoms with Crippen LogP contribution in [-0.4, -0.2) is 14.0 Å². The van der Waals surface area contributed by atoms with Crippen LogP contribution in [0.25, 0.3) is 16.6 Å². The van der Waals surface area contributed by atoms with Crippen LogP contribution in [-0.2, 0) is 0 Å². The van der Waals surface area contributed by atoms with Crippen molar-refractivity contribution in [1.29, 1.82) is 0 Å². The lowest BCUT2D eigenvalue weighted by molar-refractivity contribution is 0.601. The number of imidazole rings is 1. The zero-order valence-corrected chi connectivity index (χ0v) is 10.7. The van der Waals surface area contributed by atoms with Crippen molar-refractivity contribution in [3.63, 3.8) is 0 Å². The highest BCUT2D eigenvalue weighted by atomic mass is 16.1. The van der Waals surface area contributed by atoms with E-state index in [9.17, 15) is 4.79 Å². The molecule has 0 aliphatic carbocycles. The van der Waals surface area contributed by atoms with Crippen LogP contribution in [0.2, 0.25) is 0 Å². The smallest absolute Gasteiger partial charge is 0.277 e. The number of hydrogen-bond acceptors (Lipinski definition) is 2. The van der Waals surface area contributed by atoms with Crippen LogP contribution in [0, 0.1) is 6.92 Å². The number of hydrogen-bond donors (Lipinski definition) is 0. The first kappa shape index (κ1) is 11.0. The summed E-state index contributed by atoms with van der Waals surface area (Å²) < 4.78 is 3.71. The lowest BCUT2D eigenvalue weighted by atomic mass is 10.2. The Morgan fingerprint density at radius 3 is 2.50 bits per heavy atom. The number of aromatic nitrogens is 3. The minimum absolute atomic E-state index is 0.0266. The van der Waals surface area contributed by atoms with Gasteiger partial charge in [-0.05, 0) is 32.9 Å². The summed E-state index contributed by atoms with van der Waals surface area (Å²) in [5, 5.41) is 0. The van der Waals surface area contributed by atoms with Crippen molar-refractivity contribution in [3.8, 4) is 0 Å². The fourth-order valence-electron chi connectivity index (χ4n) is 2.49. The largest absolute Gasteiger partial charge is 0.302 e. The first-order valence-corrected chi connectivity index (χ1v) is 6.08. The molecule has 2 heterocycles. The maximum atomic E-state index is 12.6. The highest BCUT2D eigenvalue weighted by Gasteiger charge is 2.14. The standard InChI is InChI=1S/C14H15N3O/c1-9(2)17-12-7-5-4-6-11(12)16-8-15-10(3)13(16)14(17)18/h4-9H,1-3H3. The van der Waals surface area contributed by atoms with E-state index in [1.165, 1.54) is 0 Å². The van der Waals surface area contributed by atoms with E-state index in [4.69, 9.17) is 0 Å². The Hall–Kier alpha value is -2.10. The SMILES string of the molecule is Cc1ncn2c1c(=O)n(C(C)C)c1ccccc12. The summed E-state index contributed by atoms with van der Waals surface area (Å²) in [4.78, 5) is 16.8. The third-order valence-electron chi connectivity index (χ3n) is 3.29. The molecule has 3 aromatic rings. The normalized spacial score (nSPS) is 11.8. The molecule has 0 saturated carbocycles. The van der Waals surface area contributed by atoms with Crippen LogP contribution in [0.3, 0.4) is 0 Å². The monoisotopic (exact) mass is 241 g/mol. The Labute approximate surface area is 105 Å². The topological polar surface area (TPSA) is 39.3 Å². The van der Waals surface area contributed by atoms with Crippen LogP contribution in [0.1, 0.15) is 25.6 Å². The van der Waals surface area contributed by atoms with Gasteiger partial charge in [0.1, 0.15) is 11.8 Å². The summed E-state index contributed by atoms with van der Waals surface area (Å²) in [6, 6.07) is 8.05. The Morgan fingerprint density at radius 1 is 1.17 bits per heavy atom. The second kappa shape index (κ2) is 3.70. The van der Waals surface area contributed by atoms with Gasteiger partial charge >= 0.3 is 0 Å². The van der Waals surface area contributed by atoms with Gasteiger partial charge in [-0.15, -0.1) is 0 Å². The molecule has 4 heteroatoms. The lowest BCUT2D eigenvalue weighted by Crippen LogP contribution is -2.24. The van der Waals surface area contributed by atoms with Crippen LogP contribution in [0.15, 0.2) is 35.4 Å². The van der Waals surface area contributed by atoms with Crippen LogP contribution in [0.5, 0.6) is 0 Å². The maximum absolute atomic E-state index is 12.6. The lowest BCUT2D eigenvalue weighted by Gasteiger charge is -2.15. The predicted octanol–water partition coefficient (Wildman–Crippen LogP) is 2.54. The molecule has 0 bridgehead atoms. The third kappa shape index (κ3) is 1.32. The van der Waals surface area contributed by atoms with Gasteiger partial charge in [0.15, 0.2) is 0 Å². The minimum Gasteiger partial charge on any atom is -0.302 e. The Bertz CT molecular complexity index is 796. The summed E-state index contributed by atoms with van der Waals surface area (Å²) >= 11 is 0. The Balaban J connectivity index is 2.68. The molecule has 3 rings (SSSR count). The van der Waals surface area contributed by atoms with E-state index >= 15 is 0 Å². The Kier molecular flexibility index (Phi) is 2.26.